The zero-order valence-electron chi connectivity index (χ0n) is 14.8. The number of rotatable bonds is 4. The van der Waals surface area contributed by atoms with Gasteiger partial charge in [-0.3, -0.25) is 4.90 Å². The third-order valence-electron chi connectivity index (χ3n) is 5.48. The topological polar surface area (TPSA) is 61.3 Å². The lowest BCUT2D eigenvalue weighted by Gasteiger charge is -2.41. The highest BCUT2D eigenvalue weighted by atomic mass is 35.5. The number of piperidine rings is 1. The standard InChI is InChI=1S/C18H29ClN4O/c1-3-16-21-17(19)12(2)18(22-16)20-13-8-10-23(11-9-13)14-6-4-5-7-15(14)24/h13-15,24H,3-11H2,1-2H3,(H,20,21,22). The zero-order chi connectivity index (χ0) is 17.1. The second-order valence-corrected chi connectivity index (χ2v) is 7.49. The SMILES string of the molecule is CCc1nc(Cl)c(C)c(NC2CCN(C3CCCCC3O)CC2)n1. The molecular weight excluding hydrogens is 324 g/mol. The fraction of sp³-hybridized carbons (Fsp3) is 0.778. The Kier molecular flexibility index (Phi) is 5.95. The van der Waals surface area contributed by atoms with E-state index in [0.717, 1.165) is 62.4 Å². The highest BCUT2D eigenvalue weighted by Gasteiger charge is 2.31. The Morgan fingerprint density at radius 1 is 1.17 bits per heavy atom. The van der Waals surface area contributed by atoms with E-state index in [1.807, 2.05) is 13.8 Å². The summed E-state index contributed by atoms with van der Waals surface area (Å²) in [7, 11) is 0. The Morgan fingerprint density at radius 3 is 2.54 bits per heavy atom. The summed E-state index contributed by atoms with van der Waals surface area (Å²) in [6.45, 7) is 6.09. The molecule has 0 spiro atoms. The average molecular weight is 353 g/mol. The minimum Gasteiger partial charge on any atom is -0.391 e. The van der Waals surface area contributed by atoms with Crippen LogP contribution in [-0.2, 0) is 6.42 Å². The minimum absolute atomic E-state index is 0.140. The van der Waals surface area contributed by atoms with Gasteiger partial charge in [0, 0.05) is 37.2 Å². The van der Waals surface area contributed by atoms with Crippen LogP contribution in [0.2, 0.25) is 5.15 Å². The molecule has 1 aromatic rings. The molecule has 2 atom stereocenters. The van der Waals surface area contributed by atoms with Gasteiger partial charge in [0.1, 0.15) is 16.8 Å². The van der Waals surface area contributed by atoms with E-state index in [0.29, 0.717) is 17.2 Å². The Hall–Kier alpha value is -0.910. The van der Waals surface area contributed by atoms with Crippen LogP contribution < -0.4 is 5.32 Å². The first-order chi connectivity index (χ1) is 11.6. The number of hydrogen-bond acceptors (Lipinski definition) is 5. The van der Waals surface area contributed by atoms with Crippen molar-refractivity contribution in [3.8, 4) is 0 Å². The number of aryl methyl sites for hydroxylation is 1. The second kappa shape index (κ2) is 7.98. The van der Waals surface area contributed by atoms with Gasteiger partial charge < -0.3 is 10.4 Å². The highest BCUT2D eigenvalue weighted by Crippen LogP contribution is 2.27. The van der Waals surface area contributed by atoms with E-state index < -0.39 is 0 Å². The molecule has 5 nitrogen and oxygen atoms in total. The number of halogens is 1. The maximum atomic E-state index is 10.3. The van der Waals surface area contributed by atoms with E-state index in [1.54, 1.807) is 0 Å². The average Bonchev–Trinajstić information content (AvgIpc) is 2.60. The quantitative estimate of drug-likeness (QED) is 0.815. The molecule has 24 heavy (non-hydrogen) atoms. The summed E-state index contributed by atoms with van der Waals surface area (Å²) in [6, 6.07) is 0.776. The van der Waals surface area contributed by atoms with Crippen LogP contribution in [0.3, 0.4) is 0 Å². The van der Waals surface area contributed by atoms with Gasteiger partial charge in [-0.15, -0.1) is 0 Å². The monoisotopic (exact) mass is 352 g/mol. The van der Waals surface area contributed by atoms with Crippen LogP contribution in [0.15, 0.2) is 0 Å². The molecule has 1 saturated carbocycles. The van der Waals surface area contributed by atoms with E-state index in [1.165, 1.54) is 12.8 Å². The summed E-state index contributed by atoms with van der Waals surface area (Å²) in [5.41, 5.74) is 0.930. The van der Waals surface area contributed by atoms with Gasteiger partial charge in [-0.05, 0) is 32.6 Å². The van der Waals surface area contributed by atoms with Crippen LogP contribution in [0.4, 0.5) is 5.82 Å². The van der Waals surface area contributed by atoms with Gasteiger partial charge >= 0.3 is 0 Å². The summed E-state index contributed by atoms with van der Waals surface area (Å²) < 4.78 is 0. The molecule has 2 heterocycles. The second-order valence-electron chi connectivity index (χ2n) is 7.13. The van der Waals surface area contributed by atoms with Crippen LogP contribution in [0.1, 0.15) is 56.8 Å². The predicted octanol–water partition coefficient (Wildman–Crippen LogP) is 3.18. The number of aliphatic hydroxyl groups is 1. The maximum absolute atomic E-state index is 10.3. The van der Waals surface area contributed by atoms with Gasteiger partial charge in [-0.1, -0.05) is 31.4 Å². The van der Waals surface area contributed by atoms with Crippen molar-refractivity contribution in [2.24, 2.45) is 0 Å². The molecule has 2 fully saturated rings. The van der Waals surface area contributed by atoms with Crippen molar-refractivity contribution in [2.75, 3.05) is 18.4 Å². The molecule has 2 aliphatic rings. The van der Waals surface area contributed by atoms with E-state index in [2.05, 4.69) is 20.2 Å². The molecule has 0 amide bonds. The molecule has 2 unspecified atom stereocenters. The maximum Gasteiger partial charge on any atom is 0.137 e. The summed E-state index contributed by atoms with van der Waals surface area (Å²) in [5, 5.41) is 14.4. The number of nitrogens with zero attached hydrogens (tertiary/aromatic N) is 3. The lowest BCUT2D eigenvalue weighted by molar-refractivity contribution is 0.00992. The molecule has 1 aliphatic carbocycles. The number of aliphatic hydroxyl groups excluding tert-OH is 1. The fourth-order valence-corrected chi connectivity index (χ4v) is 4.10. The van der Waals surface area contributed by atoms with Crippen molar-refractivity contribution in [2.45, 2.75) is 77.0 Å². The van der Waals surface area contributed by atoms with Crippen molar-refractivity contribution in [1.82, 2.24) is 14.9 Å². The number of aromatic nitrogens is 2. The predicted molar refractivity (Wildman–Crippen MR) is 97.6 cm³/mol. The van der Waals surface area contributed by atoms with Crippen molar-refractivity contribution >= 4 is 17.4 Å². The Labute approximate surface area is 149 Å². The van der Waals surface area contributed by atoms with Gasteiger partial charge in [0.15, 0.2) is 0 Å². The van der Waals surface area contributed by atoms with Crippen molar-refractivity contribution < 1.29 is 5.11 Å². The first-order valence-corrected chi connectivity index (χ1v) is 9.68. The van der Waals surface area contributed by atoms with Gasteiger partial charge in [0.25, 0.3) is 0 Å². The molecule has 0 radical (unpaired) electrons. The molecule has 0 aromatic carbocycles. The number of nitrogens with one attached hydrogen (secondary N) is 1. The van der Waals surface area contributed by atoms with E-state index in [4.69, 9.17) is 11.6 Å². The van der Waals surface area contributed by atoms with Crippen molar-refractivity contribution in [3.05, 3.63) is 16.5 Å². The number of likely N-dealkylation sites (tertiary alicyclic amines) is 1. The van der Waals surface area contributed by atoms with Gasteiger partial charge in [0.05, 0.1) is 6.10 Å². The molecular formula is C18H29ClN4O. The molecule has 1 aromatic heterocycles. The third kappa shape index (κ3) is 4.01. The van der Waals surface area contributed by atoms with Gasteiger partial charge in [-0.25, -0.2) is 9.97 Å². The Balaban J connectivity index is 1.58. The van der Waals surface area contributed by atoms with Crippen molar-refractivity contribution in [3.63, 3.8) is 0 Å². The first kappa shape index (κ1) is 17.9. The van der Waals surface area contributed by atoms with Crippen molar-refractivity contribution in [1.29, 1.82) is 0 Å². The fourth-order valence-electron chi connectivity index (χ4n) is 3.92. The molecule has 134 valence electrons. The van der Waals surface area contributed by atoms with Crippen LogP contribution in [0.5, 0.6) is 0 Å². The van der Waals surface area contributed by atoms with Crippen LogP contribution in [0, 0.1) is 6.92 Å². The summed E-state index contributed by atoms with van der Waals surface area (Å²) in [5.74, 6) is 1.67. The van der Waals surface area contributed by atoms with E-state index in [9.17, 15) is 5.11 Å². The molecule has 2 N–H and O–H groups in total. The van der Waals surface area contributed by atoms with Crippen LogP contribution in [-0.4, -0.2) is 51.3 Å². The third-order valence-corrected chi connectivity index (χ3v) is 5.85. The summed E-state index contributed by atoms with van der Waals surface area (Å²) >= 11 is 6.23. The van der Waals surface area contributed by atoms with E-state index >= 15 is 0 Å². The van der Waals surface area contributed by atoms with Crippen LogP contribution in [0.25, 0.3) is 0 Å². The lowest BCUT2D eigenvalue weighted by Crippen LogP contribution is -2.50. The Bertz CT molecular complexity index is 560. The Morgan fingerprint density at radius 2 is 1.88 bits per heavy atom. The first-order valence-electron chi connectivity index (χ1n) is 9.30. The lowest BCUT2D eigenvalue weighted by atomic mass is 9.89. The summed E-state index contributed by atoms with van der Waals surface area (Å²) in [6.07, 6.45) is 7.31. The largest absolute Gasteiger partial charge is 0.391 e. The smallest absolute Gasteiger partial charge is 0.137 e. The minimum atomic E-state index is -0.140. The molecule has 1 aliphatic heterocycles. The summed E-state index contributed by atoms with van der Waals surface area (Å²) in [4.78, 5) is 11.4. The van der Waals surface area contributed by atoms with E-state index in [-0.39, 0.29) is 6.10 Å². The molecule has 6 heteroatoms. The number of hydrogen-bond donors (Lipinski definition) is 2. The van der Waals surface area contributed by atoms with Gasteiger partial charge in [-0.2, -0.15) is 0 Å². The van der Waals surface area contributed by atoms with Gasteiger partial charge in [0.2, 0.25) is 0 Å². The zero-order valence-corrected chi connectivity index (χ0v) is 15.5. The highest BCUT2D eigenvalue weighted by molar-refractivity contribution is 6.30. The normalized spacial score (nSPS) is 26.5. The number of anilines is 1. The molecule has 3 rings (SSSR count). The van der Waals surface area contributed by atoms with Crippen LogP contribution >= 0.6 is 11.6 Å². The molecule has 0 bridgehead atoms. The molecule has 1 saturated heterocycles.